The fourth-order valence-corrected chi connectivity index (χ4v) is 1.44. The van der Waals surface area contributed by atoms with Crippen molar-refractivity contribution in [2.45, 2.75) is 6.92 Å². The molecule has 1 aromatic rings. The van der Waals surface area contributed by atoms with E-state index in [1.54, 1.807) is 25.2 Å². The van der Waals surface area contributed by atoms with E-state index in [-0.39, 0.29) is 5.91 Å². The fraction of sp³-hybridized carbons (Fsp3) is 0.417. The van der Waals surface area contributed by atoms with Crippen molar-refractivity contribution in [3.63, 3.8) is 0 Å². The molecule has 0 radical (unpaired) electrons. The van der Waals surface area contributed by atoms with Crippen LogP contribution >= 0.6 is 0 Å². The van der Waals surface area contributed by atoms with Crippen LogP contribution < -0.4 is 16.4 Å². The minimum Gasteiger partial charge on any atom is -0.399 e. The number of nitrogens with one attached hydrogen (secondary N) is 2. The third kappa shape index (κ3) is 3.96. The number of anilines is 2. The van der Waals surface area contributed by atoms with Crippen LogP contribution in [0.25, 0.3) is 0 Å². The van der Waals surface area contributed by atoms with Crippen LogP contribution in [0.4, 0.5) is 11.4 Å². The van der Waals surface area contributed by atoms with Crippen LogP contribution in [0.2, 0.25) is 0 Å². The Morgan fingerprint density at radius 1 is 1.47 bits per heavy atom. The van der Waals surface area contributed by atoms with E-state index >= 15 is 0 Å². The number of rotatable bonds is 6. The van der Waals surface area contributed by atoms with E-state index in [4.69, 9.17) is 10.5 Å². The molecule has 5 heteroatoms. The summed E-state index contributed by atoms with van der Waals surface area (Å²) in [5.41, 5.74) is 7.63. The zero-order chi connectivity index (χ0) is 12.7. The Bertz CT molecular complexity index is 380. The predicted octanol–water partition coefficient (Wildman–Crippen LogP) is 1.08. The zero-order valence-corrected chi connectivity index (χ0v) is 10.2. The maximum atomic E-state index is 11.6. The molecule has 0 saturated heterocycles. The second-order valence-electron chi connectivity index (χ2n) is 3.51. The molecule has 17 heavy (non-hydrogen) atoms. The monoisotopic (exact) mass is 237 g/mol. The molecule has 0 unspecified atom stereocenters. The lowest BCUT2D eigenvalue weighted by molar-refractivity contribution is 0.0963. The second kappa shape index (κ2) is 6.75. The van der Waals surface area contributed by atoms with Crippen LogP contribution in [-0.4, -0.2) is 32.7 Å². The van der Waals surface area contributed by atoms with Crippen molar-refractivity contribution in [2.75, 3.05) is 37.9 Å². The van der Waals surface area contributed by atoms with E-state index in [1.165, 1.54) is 0 Å². The predicted molar refractivity (Wildman–Crippen MR) is 69.2 cm³/mol. The van der Waals surface area contributed by atoms with Gasteiger partial charge in [-0.1, -0.05) is 0 Å². The van der Waals surface area contributed by atoms with E-state index in [0.29, 0.717) is 31.0 Å². The number of hydrogen-bond acceptors (Lipinski definition) is 4. The molecule has 1 amide bonds. The summed E-state index contributed by atoms with van der Waals surface area (Å²) in [6.45, 7) is 3.86. The van der Waals surface area contributed by atoms with Crippen molar-refractivity contribution in [3.8, 4) is 0 Å². The first-order chi connectivity index (χ1) is 8.19. The van der Waals surface area contributed by atoms with Crippen molar-refractivity contribution in [3.05, 3.63) is 23.8 Å². The van der Waals surface area contributed by atoms with Gasteiger partial charge < -0.3 is 21.1 Å². The van der Waals surface area contributed by atoms with E-state index < -0.39 is 0 Å². The van der Waals surface area contributed by atoms with Crippen molar-refractivity contribution < 1.29 is 9.53 Å². The summed E-state index contributed by atoms with van der Waals surface area (Å²) in [5, 5.41) is 5.73. The highest BCUT2D eigenvalue weighted by atomic mass is 16.5. The number of nitrogens with two attached hydrogens (primary N) is 1. The highest BCUT2D eigenvalue weighted by molar-refractivity contribution is 6.00. The smallest absolute Gasteiger partial charge is 0.253 e. The Balaban J connectivity index is 2.73. The number of hydrogen-bond donors (Lipinski definition) is 3. The lowest BCUT2D eigenvalue weighted by Gasteiger charge is -2.12. The third-order valence-corrected chi connectivity index (χ3v) is 2.28. The van der Waals surface area contributed by atoms with E-state index in [0.717, 1.165) is 5.69 Å². The van der Waals surface area contributed by atoms with Crippen LogP contribution in [-0.2, 0) is 4.74 Å². The Kier molecular flexibility index (Phi) is 5.29. The Morgan fingerprint density at radius 3 is 2.88 bits per heavy atom. The molecule has 4 N–H and O–H groups in total. The van der Waals surface area contributed by atoms with Crippen molar-refractivity contribution >= 4 is 17.3 Å². The summed E-state index contributed by atoms with van der Waals surface area (Å²) < 4.78 is 5.22. The van der Waals surface area contributed by atoms with Crippen LogP contribution in [0.15, 0.2) is 18.2 Å². The van der Waals surface area contributed by atoms with E-state index in [1.807, 2.05) is 6.92 Å². The number of amides is 1. The summed E-state index contributed by atoms with van der Waals surface area (Å²) in [6.07, 6.45) is 0. The summed E-state index contributed by atoms with van der Waals surface area (Å²) in [4.78, 5) is 11.6. The summed E-state index contributed by atoms with van der Waals surface area (Å²) in [5.74, 6) is -0.135. The molecular weight excluding hydrogens is 218 g/mol. The largest absolute Gasteiger partial charge is 0.399 e. The maximum Gasteiger partial charge on any atom is 0.253 e. The molecule has 0 aromatic heterocycles. The molecule has 0 heterocycles. The van der Waals surface area contributed by atoms with Crippen LogP contribution in [0.5, 0.6) is 0 Å². The molecule has 5 nitrogen and oxygen atoms in total. The SMILES string of the molecule is CCOCCNc1cc(N)ccc1C(=O)NC. The van der Waals surface area contributed by atoms with Crippen molar-refractivity contribution in [1.29, 1.82) is 0 Å². The number of carbonyl (C=O) groups is 1. The Hall–Kier alpha value is -1.75. The quantitative estimate of drug-likeness (QED) is 0.511. The van der Waals surface area contributed by atoms with Gasteiger partial charge in [0.15, 0.2) is 0 Å². The van der Waals surface area contributed by atoms with Gasteiger partial charge in [-0.05, 0) is 25.1 Å². The molecule has 0 fully saturated rings. The molecule has 0 atom stereocenters. The molecule has 0 saturated carbocycles. The number of carbonyl (C=O) groups excluding carboxylic acids is 1. The number of nitrogen functional groups attached to an aromatic ring is 1. The van der Waals surface area contributed by atoms with Crippen molar-refractivity contribution in [2.24, 2.45) is 0 Å². The first kappa shape index (κ1) is 13.3. The maximum absolute atomic E-state index is 11.6. The standard InChI is InChI=1S/C12H19N3O2/c1-3-17-7-6-15-11-8-9(13)4-5-10(11)12(16)14-2/h4-5,8,15H,3,6-7,13H2,1-2H3,(H,14,16). The lowest BCUT2D eigenvalue weighted by atomic mass is 10.1. The van der Waals surface area contributed by atoms with E-state index in [9.17, 15) is 4.79 Å². The highest BCUT2D eigenvalue weighted by Gasteiger charge is 2.09. The molecule has 1 rings (SSSR count). The molecule has 0 aliphatic heterocycles. The summed E-state index contributed by atoms with van der Waals surface area (Å²) in [6, 6.07) is 5.16. The first-order valence-electron chi connectivity index (χ1n) is 5.62. The van der Waals surface area contributed by atoms with Gasteiger partial charge in [0.25, 0.3) is 5.91 Å². The average molecular weight is 237 g/mol. The minimum absolute atomic E-state index is 0.135. The zero-order valence-electron chi connectivity index (χ0n) is 10.2. The van der Waals surface area contributed by atoms with Crippen LogP contribution in [0.3, 0.4) is 0 Å². The second-order valence-corrected chi connectivity index (χ2v) is 3.51. The number of benzene rings is 1. The molecule has 0 spiro atoms. The van der Waals surface area contributed by atoms with E-state index in [2.05, 4.69) is 10.6 Å². The van der Waals surface area contributed by atoms with Crippen molar-refractivity contribution in [1.82, 2.24) is 5.32 Å². The molecular formula is C12H19N3O2. The molecule has 0 bridgehead atoms. The first-order valence-corrected chi connectivity index (χ1v) is 5.62. The molecule has 94 valence electrons. The van der Waals surface area contributed by atoms with Gasteiger partial charge in [-0.3, -0.25) is 4.79 Å². The van der Waals surface area contributed by atoms with Gasteiger partial charge in [0.05, 0.1) is 12.2 Å². The average Bonchev–Trinajstić information content (AvgIpc) is 2.34. The number of ether oxygens (including phenoxy) is 1. The topological polar surface area (TPSA) is 76.4 Å². The van der Waals surface area contributed by atoms with Gasteiger partial charge in [-0.2, -0.15) is 0 Å². The van der Waals surface area contributed by atoms with Gasteiger partial charge in [-0.15, -0.1) is 0 Å². The Morgan fingerprint density at radius 2 is 2.24 bits per heavy atom. The van der Waals surface area contributed by atoms with Gasteiger partial charge >= 0.3 is 0 Å². The van der Waals surface area contributed by atoms with Gasteiger partial charge in [0.1, 0.15) is 0 Å². The normalized spacial score (nSPS) is 10.0. The van der Waals surface area contributed by atoms with Crippen LogP contribution in [0, 0.1) is 0 Å². The Labute approximate surface area is 101 Å². The van der Waals surface area contributed by atoms with Gasteiger partial charge in [-0.25, -0.2) is 0 Å². The van der Waals surface area contributed by atoms with Gasteiger partial charge in [0, 0.05) is 31.6 Å². The molecule has 0 aliphatic carbocycles. The van der Waals surface area contributed by atoms with Gasteiger partial charge in [0.2, 0.25) is 0 Å². The minimum atomic E-state index is -0.135. The summed E-state index contributed by atoms with van der Waals surface area (Å²) >= 11 is 0. The fourth-order valence-electron chi connectivity index (χ4n) is 1.44. The third-order valence-electron chi connectivity index (χ3n) is 2.28. The van der Waals surface area contributed by atoms with Crippen LogP contribution in [0.1, 0.15) is 17.3 Å². The highest BCUT2D eigenvalue weighted by Crippen LogP contribution is 2.18. The molecule has 0 aliphatic rings. The summed E-state index contributed by atoms with van der Waals surface area (Å²) in [7, 11) is 1.60. The molecule has 1 aromatic carbocycles. The lowest BCUT2D eigenvalue weighted by Crippen LogP contribution is -2.20.